The minimum absolute atomic E-state index is 0.0600. The molecule has 0 heterocycles. The van der Waals surface area contributed by atoms with Crippen LogP contribution in [0, 0.1) is 5.92 Å². The lowest BCUT2D eigenvalue weighted by Gasteiger charge is -2.10. The second-order valence-electron chi connectivity index (χ2n) is 8.20. The molecule has 0 amide bonds. The van der Waals surface area contributed by atoms with Gasteiger partial charge in [-0.1, -0.05) is 38.1 Å². The van der Waals surface area contributed by atoms with E-state index >= 15 is 0 Å². The van der Waals surface area contributed by atoms with Crippen LogP contribution in [0.25, 0.3) is 11.1 Å². The Morgan fingerprint density at radius 2 is 1.29 bits per heavy atom. The van der Waals surface area contributed by atoms with Crippen LogP contribution in [0.15, 0.2) is 72.8 Å². The summed E-state index contributed by atoms with van der Waals surface area (Å²) in [6.07, 6.45) is 2.29. The van der Waals surface area contributed by atoms with E-state index in [1.165, 1.54) is 0 Å². The monoisotopic (exact) mass is 476 g/mol. The van der Waals surface area contributed by atoms with Crippen LogP contribution < -0.4 is 14.2 Å². The van der Waals surface area contributed by atoms with Gasteiger partial charge in [-0.3, -0.25) is 4.79 Å². The Morgan fingerprint density at radius 1 is 0.743 bits per heavy atom. The number of carbonyl (C=O) groups is 2. The third-order valence-corrected chi connectivity index (χ3v) is 5.64. The van der Waals surface area contributed by atoms with E-state index < -0.39 is 5.97 Å². The minimum Gasteiger partial charge on any atom is -0.497 e. The molecule has 6 nitrogen and oxygen atoms in total. The summed E-state index contributed by atoms with van der Waals surface area (Å²) in [4.78, 5) is 24.1. The Bertz CT molecular complexity index is 1070. The van der Waals surface area contributed by atoms with Gasteiger partial charge < -0.3 is 18.9 Å². The van der Waals surface area contributed by atoms with Gasteiger partial charge in [-0.05, 0) is 78.9 Å². The number of ether oxygens (including phenoxy) is 4. The molecule has 0 aromatic heterocycles. The molecule has 3 aromatic carbocycles. The number of esters is 2. The van der Waals surface area contributed by atoms with Crippen molar-refractivity contribution >= 4 is 11.9 Å². The summed E-state index contributed by atoms with van der Waals surface area (Å²) in [5.74, 6) is 1.30. The maximum absolute atomic E-state index is 12.5. The van der Waals surface area contributed by atoms with Crippen LogP contribution in [-0.4, -0.2) is 32.3 Å². The highest BCUT2D eigenvalue weighted by Gasteiger charge is 2.11. The molecule has 0 radical (unpaired) electrons. The van der Waals surface area contributed by atoms with Crippen molar-refractivity contribution in [1.29, 1.82) is 0 Å². The summed E-state index contributed by atoms with van der Waals surface area (Å²) in [7, 11) is 1.64. The number of rotatable bonds is 12. The Kier molecular flexibility index (Phi) is 9.72. The highest BCUT2D eigenvalue weighted by atomic mass is 16.5. The number of benzene rings is 3. The van der Waals surface area contributed by atoms with Gasteiger partial charge in [0, 0.05) is 0 Å². The van der Waals surface area contributed by atoms with Gasteiger partial charge in [0.1, 0.15) is 17.2 Å². The van der Waals surface area contributed by atoms with E-state index in [4.69, 9.17) is 18.9 Å². The molecule has 0 aliphatic carbocycles. The molecule has 0 N–H and O–H groups in total. The van der Waals surface area contributed by atoms with Crippen LogP contribution in [0.4, 0.5) is 0 Å². The van der Waals surface area contributed by atoms with E-state index in [9.17, 15) is 9.59 Å². The topological polar surface area (TPSA) is 71.1 Å². The first-order valence-electron chi connectivity index (χ1n) is 11.9. The molecule has 3 rings (SSSR count). The fraction of sp³-hybridized carbons (Fsp3) is 0.310. The summed E-state index contributed by atoms with van der Waals surface area (Å²) in [6, 6.07) is 22.0. The molecule has 3 aromatic rings. The number of hydrogen-bond donors (Lipinski definition) is 0. The van der Waals surface area contributed by atoms with Crippen LogP contribution >= 0.6 is 0 Å². The van der Waals surface area contributed by atoms with Crippen LogP contribution in [0.2, 0.25) is 0 Å². The lowest BCUT2D eigenvalue weighted by atomic mass is 10.1. The summed E-state index contributed by atoms with van der Waals surface area (Å²) in [6.45, 7) is 4.74. The van der Waals surface area contributed by atoms with E-state index in [1.54, 1.807) is 43.5 Å². The minimum atomic E-state index is -0.433. The van der Waals surface area contributed by atoms with Gasteiger partial charge in [0.05, 0.1) is 31.8 Å². The highest BCUT2D eigenvalue weighted by Crippen LogP contribution is 2.25. The molecule has 0 spiro atoms. The van der Waals surface area contributed by atoms with Crippen LogP contribution in [-0.2, 0) is 9.53 Å². The van der Waals surface area contributed by atoms with Crippen molar-refractivity contribution in [2.75, 3.05) is 20.3 Å². The van der Waals surface area contributed by atoms with Crippen molar-refractivity contribution < 1.29 is 28.5 Å². The molecule has 0 aliphatic heterocycles. The molecule has 35 heavy (non-hydrogen) atoms. The first kappa shape index (κ1) is 25.8. The maximum Gasteiger partial charge on any atom is 0.343 e. The lowest BCUT2D eigenvalue weighted by Crippen LogP contribution is -2.15. The molecule has 0 saturated heterocycles. The SMILES string of the molecule is CCC(C)C(=O)OCCCCOc1ccc(C(=O)Oc2ccc(-c3ccc(OC)cc3)cc2)cc1. The van der Waals surface area contributed by atoms with Crippen molar-refractivity contribution in [2.24, 2.45) is 5.92 Å². The smallest absolute Gasteiger partial charge is 0.343 e. The second kappa shape index (κ2) is 13.2. The van der Waals surface area contributed by atoms with Crippen molar-refractivity contribution in [3.8, 4) is 28.4 Å². The zero-order valence-corrected chi connectivity index (χ0v) is 20.5. The largest absolute Gasteiger partial charge is 0.497 e. The zero-order valence-electron chi connectivity index (χ0n) is 20.5. The Hall–Kier alpha value is -3.80. The maximum atomic E-state index is 12.5. The molecule has 6 heteroatoms. The summed E-state index contributed by atoms with van der Waals surface area (Å²) < 4.78 is 21.6. The van der Waals surface area contributed by atoms with Crippen LogP contribution in [0.1, 0.15) is 43.5 Å². The fourth-order valence-electron chi connectivity index (χ4n) is 3.23. The molecule has 0 saturated carbocycles. The number of hydrogen-bond acceptors (Lipinski definition) is 6. The summed E-state index contributed by atoms with van der Waals surface area (Å²) in [5, 5.41) is 0. The van der Waals surface area contributed by atoms with Crippen LogP contribution in [0.5, 0.6) is 17.2 Å². The quantitative estimate of drug-likeness (QED) is 0.173. The summed E-state index contributed by atoms with van der Waals surface area (Å²) in [5.41, 5.74) is 2.50. The van der Waals surface area contributed by atoms with E-state index in [2.05, 4.69) is 0 Å². The Labute approximate surface area is 206 Å². The Morgan fingerprint density at radius 3 is 1.86 bits per heavy atom. The van der Waals surface area contributed by atoms with Crippen LogP contribution in [0.3, 0.4) is 0 Å². The molecule has 1 unspecified atom stereocenters. The molecule has 0 bridgehead atoms. The van der Waals surface area contributed by atoms with E-state index in [0.717, 1.165) is 36.1 Å². The van der Waals surface area contributed by atoms with Crippen molar-refractivity contribution in [3.05, 3.63) is 78.4 Å². The molecule has 0 aliphatic rings. The standard InChI is InChI=1S/C29H32O6/c1-4-21(2)28(30)34-20-6-5-19-33-26-15-11-24(12-16-26)29(31)35-27-17-9-23(10-18-27)22-7-13-25(32-3)14-8-22/h7-18,21H,4-6,19-20H2,1-3H3. The van der Waals surface area contributed by atoms with Crippen molar-refractivity contribution in [3.63, 3.8) is 0 Å². The average molecular weight is 477 g/mol. The predicted octanol–water partition coefficient (Wildman–Crippen LogP) is 6.33. The first-order chi connectivity index (χ1) is 17.0. The lowest BCUT2D eigenvalue weighted by molar-refractivity contribution is -0.148. The number of methoxy groups -OCH3 is 1. The van der Waals surface area contributed by atoms with Gasteiger partial charge in [-0.25, -0.2) is 4.79 Å². The Balaban J connectivity index is 1.42. The van der Waals surface area contributed by atoms with Gasteiger partial charge in [0.2, 0.25) is 0 Å². The second-order valence-corrected chi connectivity index (χ2v) is 8.20. The third kappa shape index (κ3) is 7.88. The van der Waals surface area contributed by atoms with Gasteiger partial charge in [-0.15, -0.1) is 0 Å². The van der Waals surface area contributed by atoms with Gasteiger partial charge in [-0.2, -0.15) is 0 Å². The molecule has 184 valence electrons. The van der Waals surface area contributed by atoms with Crippen molar-refractivity contribution in [2.45, 2.75) is 33.1 Å². The molecular weight excluding hydrogens is 444 g/mol. The van der Waals surface area contributed by atoms with E-state index in [0.29, 0.717) is 30.3 Å². The third-order valence-electron chi connectivity index (χ3n) is 5.64. The highest BCUT2D eigenvalue weighted by molar-refractivity contribution is 5.91. The molecular formula is C29H32O6. The average Bonchev–Trinajstić information content (AvgIpc) is 2.90. The van der Waals surface area contributed by atoms with E-state index in [-0.39, 0.29) is 11.9 Å². The number of carbonyl (C=O) groups excluding carboxylic acids is 2. The predicted molar refractivity (Wildman–Crippen MR) is 135 cm³/mol. The van der Waals surface area contributed by atoms with Gasteiger partial charge >= 0.3 is 11.9 Å². The first-order valence-corrected chi connectivity index (χ1v) is 11.9. The van der Waals surface area contributed by atoms with Gasteiger partial charge in [0.15, 0.2) is 0 Å². The normalized spacial score (nSPS) is 11.4. The molecule has 0 fully saturated rings. The molecule has 1 atom stereocenters. The zero-order chi connectivity index (χ0) is 25.0. The number of unbranched alkanes of at least 4 members (excludes halogenated alkanes) is 1. The summed E-state index contributed by atoms with van der Waals surface area (Å²) >= 11 is 0. The van der Waals surface area contributed by atoms with Crippen molar-refractivity contribution in [1.82, 2.24) is 0 Å². The fourth-order valence-corrected chi connectivity index (χ4v) is 3.23. The van der Waals surface area contributed by atoms with E-state index in [1.807, 2.05) is 50.2 Å². The van der Waals surface area contributed by atoms with Gasteiger partial charge in [0.25, 0.3) is 0 Å².